The van der Waals surface area contributed by atoms with E-state index in [1.54, 1.807) is 0 Å². The molecule has 1 N–H and O–H groups in total. The SMILES string of the molecule is O=C1CCN(C(=O)C2CC3CCC2C3)c2ccccc2N1. The third kappa shape index (κ3) is 2.13. The molecule has 2 saturated carbocycles. The fourth-order valence-electron chi connectivity index (χ4n) is 4.34. The van der Waals surface area contributed by atoms with Gasteiger partial charge in [-0.1, -0.05) is 18.6 Å². The summed E-state index contributed by atoms with van der Waals surface area (Å²) in [6, 6.07) is 7.63. The number of hydrogen-bond acceptors (Lipinski definition) is 2. The zero-order chi connectivity index (χ0) is 14.4. The van der Waals surface area contributed by atoms with Crippen LogP contribution in [0.15, 0.2) is 24.3 Å². The van der Waals surface area contributed by atoms with E-state index in [0.29, 0.717) is 18.9 Å². The number of carbonyl (C=O) groups is 2. The number of benzene rings is 1. The molecule has 0 saturated heterocycles. The van der Waals surface area contributed by atoms with E-state index < -0.39 is 0 Å². The molecule has 0 radical (unpaired) electrons. The molecule has 1 aromatic rings. The Morgan fingerprint density at radius 1 is 1.19 bits per heavy atom. The smallest absolute Gasteiger partial charge is 0.230 e. The molecule has 2 amide bonds. The van der Waals surface area contributed by atoms with Crippen molar-refractivity contribution >= 4 is 23.2 Å². The summed E-state index contributed by atoms with van der Waals surface area (Å²) in [6.07, 6.45) is 5.15. The topological polar surface area (TPSA) is 49.4 Å². The number of amides is 2. The van der Waals surface area contributed by atoms with Crippen LogP contribution in [0.2, 0.25) is 0 Å². The van der Waals surface area contributed by atoms with Gasteiger partial charge in [0.05, 0.1) is 11.4 Å². The van der Waals surface area contributed by atoms with E-state index in [1.807, 2.05) is 29.2 Å². The van der Waals surface area contributed by atoms with Crippen molar-refractivity contribution in [2.45, 2.75) is 32.1 Å². The molecule has 3 atom stereocenters. The number of nitrogens with one attached hydrogen (secondary N) is 1. The maximum Gasteiger partial charge on any atom is 0.230 e. The average molecular weight is 284 g/mol. The molecule has 1 aromatic carbocycles. The second-order valence-electron chi connectivity index (χ2n) is 6.59. The van der Waals surface area contributed by atoms with Crippen LogP contribution in [0.3, 0.4) is 0 Å². The molecule has 0 aromatic heterocycles. The van der Waals surface area contributed by atoms with Gasteiger partial charge in [0.25, 0.3) is 0 Å². The highest BCUT2D eigenvalue weighted by Gasteiger charge is 2.45. The average Bonchev–Trinajstić information content (AvgIpc) is 3.07. The summed E-state index contributed by atoms with van der Waals surface area (Å²) in [5, 5.41) is 2.90. The minimum absolute atomic E-state index is 0.00862. The summed E-state index contributed by atoms with van der Waals surface area (Å²) >= 11 is 0. The predicted octanol–water partition coefficient (Wildman–Crippen LogP) is 2.80. The molecule has 4 rings (SSSR count). The van der Waals surface area contributed by atoms with Crippen molar-refractivity contribution in [1.29, 1.82) is 0 Å². The summed E-state index contributed by atoms with van der Waals surface area (Å²) in [5.74, 6) is 1.72. The number of anilines is 2. The maximum atomic E-state index is 13.0. The Hall–Kier alpha value is -1.84. The van der Waals surface area contributed by atoms with E-state index in [9.17, 15) is 9.59 Å². The van der Waals surface area contributed by atoms with Crippen LogP contribution >= 0.6 is 0 Å². The maximum absolute atomic E-state index is 13.0. The van der Waals surface area contributed by atoms with Crippen LogP contribution in [0.4, 0.5) is 11.4 Å². The highest BCUT2D eigenvalue weighted by molar-refractivity contribution is 6.04. The van der Waals surface area contributed by atoms with Crippen LogP contribution < -0.4 is 10.2 Å². The van der Waals surface area contributed by atoms with E-state index in [2.05, 4.69) is 5.32 Å². The first kappa shape index (κ1) is 12.9. The van der Waals surface area contributed by atoms with Crippen LogP contribution in [0, 0.1) is 17.8 Å². The highest BCUT2D eigenvalue weighted by atomic mass is 16.2. The van der Waals surface area contributed by atoms with Gasteiger partial charge < -0.3 is 10.2 Å². The zero-order valence-electron chi connectivity index (χ0n) is 12.0. The van der Waals surface area contributed by atoms with Crippen molar-refractivity contribution in [3.8, 4) is 0 Å². The Morgan fingerprint density at radius 2 is 2.05 bits per heavy atom. The molecule has 2 aliphatic carbocycles. The second kappa shape index (κ2) is 4.86. The Morgan fingerprint density at radius 3 is 2.81 bits per heavy atom. The largest absolute Gasteiger partial charge is 0.324 e. The molecule has 1 aliphatic heterocycles. The third-order valence-electron chi connectivity index (χ3n) is 5.35. The molecule has 4 heteroatoms. The first-order chi connectivity index (χ1) is 10.2. The van der Waals surface area contributed by atoms with E-state index >= 15 is 0 Å². The standard InChI is InChI=1S/C17H20N2O2/c20-16-7-8-19(15-4-2-1-3-14(15)18-16)17(21)13-10-11-5-6-12(13)9-11/h1-4,11-13H,5-10H2,(H,18,20). The number of carbonyl (C=O) groups excluding carboxylic acids is 2. The molecule has 0 spiro atoms. The van der Waals surface area contributed by atoms with Gasteiger partial charge in [-0.3, -0.25) is 9.59 Å². The molecule has 4 nitrogen and oxygen atoms in total. The summed E-state index contributed by atoms with van der Waals surface area (Å²) in [7, 11) is 0. The Kier molecular flexibility index (Phi) is 2.98. The van der Waals surface area contributed by atoms with Crippen LogP contribution in [-0.4, -0.2) is 18.4 Å². The molecular formula is C17H20N2O2. The lowest BCUT2D eigenvalue weighted by atomic mass is 9.87. The number of nitrogens with zero attached hydrogens (tertiary/aromatic N) is 1. The quantitative estimate of drug-likeness (QED) is 0.862. The molecule has 3 aliphatic rings. The summed E-state index contributed by atoms with van der Waals surface area (Å²) in [5.41, 5.74) is 1.62. The van der Waals surface area contributed by atoms with E-state index in [-0.39, 0.29) is 17.7 Å². The summed E-state index contributed by atoms with van der Waals surface area (Å²) in [6.45, 7) is 0.496. The van der Waals surface area contributed by atoms with Gasteiger partial charge in [0.15, 0.2) is 0 Å². The van der Waals surface area contributed by atoms with Crippen LogP contribution in [-0.2, 0) is 9.59 Å². The molecule has 3 unspecified atom stereocenters. The van der Waals surface area contributed by atoms with Crippen LogP contribution in [0.1, 0.15) is 32.1 Å². The lowest BCUT2D eigenvalue weighted by Crippen LogP contribution is -2.39. The van der Waals surface area contributed by atoms with Crippen LogP contribution in [0.5, 0.6) is 0 Å². The lowest BCUT2D eigenvalue weighted by molar-refractivity contribution is -0.123. The number of hydrogen-bond donors (Lipinski definition) is 1. The fourth-order valence-corrected chi connectivity index (χ4v) is 4.34. The minimum Gasteiger partial charge on any atom is -0.324 e. The van der Waals surface area contributed by atoms with E-state index in [1.165, 1.54) is 19.3 Å². The predicted molar refractivity (Wildman–Crippen MR) is 81.0 cm³/mol. The van der Waals surface area contributed by atoms with Crippen LogP contribution in [0.25, 0.3) is 0 Å². The van der Waals surface area contributed by atoms with Gasteiger partial charge in [0.1, 0.15) is 0 Å². The number of rotatable bonds is 1. The van der Waals surface area contributed by atoms with Gasteiger partial charge in [0.2, 0.25) is 11.8 Å². The fraction of sp³-hybridized carbons (Fsp3) is 0.529. The van der Waals surface area contributed by atoms with Gasteiger partial charge in [-0.05, 0) is 43.2 Å². The minimum atomic E-state index is -0.00862. The molecule has 2 bridgehead atoms. The lowest BCUT2D eigenvalue weighted by Gasteiger charge is -2.29. The molecule has 21 heavy (non-hydrogen) atoms. The summed E-state index contributed by atoms with van der Waals surface area (Å²) < 4.78 is 0. The number of para-hydroxylation sites is 2. The van der Waals surface area contributed by atoms with Gasteiger partial charge in [-0.15, -0.1) is 0 Å². The van der Waals surface area contributed by atoms with Crippen molar-refractivity contribution in [3.05, 3.63) is 24.3 Å². The van der Waals surface area contributed by atoms with Crippen molar-refractivity contribution in [2.75, 3.05) is 16.8 Å². The van der Waals surface area contributed by atoms with E-state index in [0.717, 1.165) is 23.7 Å². The number of fused-ring (bicyclic) bond motifs is 3. The molecule has 2 fully saturated rings. The normalized spacial score (nSPS) is 30.8. The van der Waals surface area contributed by atoms with E-state index in [4.69, 9.17) is 0 Å². The zero-order valence-corrected chi connectivity index (χ0v) is 12.0. The van der Waals surface area contributed by atoms with Gasteiger partial charge >= 0.3 is 0 Å². The molecule has 1 heterocycles. The second-order valence-corrected chi connectivity index (χ2v) is 6.59. The Bertz CT molecular complexity index is 598. The van der Waals surface area contributed by atoms with Gasteiger partial charge in [-0.25, -0.2) is 0 Å². The first-order valence-electron chi connectivity index (χ1n) is 7.92. The molecular weight excluding hydrogens is 264 g/mol. The monoisotopic (exact) mass is 284 g/mol. The molecule has 110 valence electrons. The first-order valence-corrected chi connectivity index (χ1v) is 7.92. The third-order valence-corrected chi connectivity index (χ3v) is 5.35. The Labute approximate surface area is 124 Å². The van der Waals surface area contributed by atoms with Gasteiger partial charge in [0, 0.05) is 18.9 Å². The van der Waals surface area contributed by atoms with Crippen molar-refractivity contribution in [2.24, 2.45) is 17.8 Å². The summed E-state index contributed by atoms with van der Waals surface area (Å²) in [4.78, 5) is 26.7. The van der Waals surface area contributed by atoms with Crippen molar-refractivity contribution in [1.82, 2.24) is 0 Å². The highest BCUT2D eigenvalue weighted by Crippen LogP contribution is 2.49. The van der Waals surface area contributed by atoms with Crippen molar-refractivity contribution in [3.63, 3.8) is 0 Å². The Balaban J connectivity index is 1.65. The van der Waals surface area contributed by atoms with Gasteiger partial charge in [-0.2, -0.15) is 0 Å². The van der Waals surface area contributed by atoms with Crippen molar-refractivity contribution < 1.29 is 9.59 Å².